The molecule has 0 bridgehead atoms. The maximum Gasteiger partial charge on any atom is 0.416 e. The molecule has 0 fully saturated rings. The maximum absolute atomic E-state index is 12.4. The van der Waals surface area contributed by atoms with Crippen molar-refractivity contribution in [2.75, 3.05) is 7.05 Å². The summed E-state index contributed by atoms with van der Waals surface area (Å²) >= 11 is 0. The summed E-state index contributed by atoms with van der Waals surface area (Å²) in [4.78, 5) is 4.22. The standard InChI is InChI=1S/C15H15F3N2O/c1-19-8-11-2-5-13(20-9-11)10-21-14-6-3-12(4-7-14)15(16,17)18/h2-7,9,19H,8,10H2,1H3. The van der Waals surface area contributed by atoms with E-state index >= 15 is 0 Å². The van der Waals surface area contributed by atoms with Crippen molar-refractivity contribution < 1.29 is 17.9 Å². The molecule has 2 rings (SSSR count). The molecule has 1 aromatic carbocycles. The monoisotopic (exact) mass is 296 g/mol. The highest BCUT2D eigenvalue weighted by Crippen LogP contribution is 2.30. The Bertz CT molecular complexity index is 565. The lowest BCUT2D eigenvalue weighted by molar-refractivity contribution is -0.137. The number of halogens is 3. The molecule has 0 aliphatic rings. The molecular formula is C15H15F3N2O. The molecule has 1 heterocycles. The van der Waals surface area contributed by atoms with Gasteiger partial charge in [-0.15, -0.1) is 0 Å². The average Bonchev–Trinajstić information content (AvgIpc) is 2.46. The van der Waals surface area contributed by atoms with Crippen LogP contribution in [-0.4, -0.2) is 12.0 Å². The molecule has 0 aliphatic carbocycles. The van der Waals surface area contributed by atoms with E-state index in [1.165, 1.54) is 12.1 Å². The molecule has 0 atom stereocenters. The molecule has 0 saturated carbocycles. The first-order chi connectivity index (χ1) is 9.99. The number of pyridine rings is 1. The predicted molar refractivity (Wildman–Crippen MR) is 72.8 cm³/mol. The number of nitrogens with zero attached hydrogens (tertiary/aromatic N) is 1. The number of aromatic nitrogens is 1. The fraction of sp³-hybridized carbons (Fsp3) is 0.267. The van der Waals surface area contributed by atoms with Crippen LogP contribution in [-0.2, 0) is 19.3 Å². The largest absolute Gasteiger partial charge is 0.487 e. The minimum atomic E-state index is -4.33. The fourth-order valence-corrected chi connectivity index (χ4v) is 1.75. The zero-order valence-electron chi connectivity index (χ0n) is 11.4. The van der Waals surface area contributed by atoms with Crippen molar-refractivity contribution in [3.05, 3.63) is 59.4 Å². The number of ether oxygens (including phenoxy) is 1. The molecule has 0 spiro atoms. The van der Waals surface area contributed by atoms with E-state index in [2.05, 4.69) is 10.3 Å². The molecular weight excluding hydrogens is 281 g/mol. The fourth-order valence-electron chi connectivity index (χ4n) is 1.75. The normalized spacial score (nSPS) is 11.4. The number of rotatable bonds is 5. The zero-order valence-corrected chi connectivity index (χ0v) is 11.4. The van der Waals surface area contributed by atoms with Crippen LogP contribution in [0.15, 0.2) is 42.6 Å². The first kappa shape index (κ1) is 15.3. The van der Waals surface area contributed by atoms with Crippen molar-refractivity contribution >= 4 is 0 Å². The van der Waals surface area contributed by atoms with E-state index in [0.29, 0.717) is 5.75 Å². The quantitative estimate of drug-likeness (QED) is 0.918. The number of alkyl halides is 3. The molecule has 0 radical (unpaired) electrons. The Morgan fingerprint density at radius 1 is 1.10 bits per heavy atom. The first-order valence-electron chi connectivity index (χ1n) is 6.37. The third kappa shape index (κ3) is 4.46. The van der Waals surface area contributed by atoms with Gasteiger partial charge in [0.25, 0.3) is 0 Å². The molecule has 6 heteroatoms. The summed E-state index contributed by atoms with van der Waals surface area (Å²) in [6, 6.07) is 8.36. The first-order valence-corrected chi connectivity index (χ1v) is 6.37. The Morgan fingerprint density at radius 3 is 2.33 bits per heavy atom. The summed E-state index contributed by atoms with van der Waals surface area (Å²) in [5.74, 6) is 0.379. The van der Waals surface area contributed by atoms with E-state index in [9.17, 15) is 13.2 Å². The van der Waals surface area contributed by atoms with Crippen LogP contribution in [0.1, 0.15) is 16.8 Å². The second-order valence-electron chi connectivity index (χ2n) is 4.50. The topological polar surface area (TPSA) is 34.1 Å². The van der Waals surface area contributed by atoms with Gasteiger partial charge in [0.05, 0.1) is 11.3 Å². The van der Waals surface area contributed by atoms with Gasteiger partial charge in [-0.05, 0) is 42.9 Å². The Kier molecular flexibility index (Phi) is 4.80. The molecule has 1 N–H and O–H groups in total. The average molecular weight is 296 g/mol. The van der Waals surface area contributed by atoms with Gasteiger partial charge in [0.2, 0.25) is 0 Å². The van der Waals surface area contributed by atoms with Crippen molar-refractivity contribution in [1.82, 2.24) is 10.3 Å². The predicted octanol–water partition coefficient (Wildman–Crippen LogP) is 3.40. The van der Waals surface area contributed by atoms with Gasteiger partial charge in [-0.1, -0.05) is 6.07 Å². The summed E-state index contributed by atoms with van der Waals surface area (Å²) in [7, 11) is 1.85. The highest BCUT2D eigenvalue weighted by molar-refractivity contribution is 5.29. The van der Waals surface area contributed by atoms with Crippen molar-refractivity contribution in [1.29, 1.82) is 0 Å². The summed E-state index contributed by atoms with van der Waals surface area (Å²) in [5, 5.41) is 3.02. The summed E-state index contributed by atoms with van der Waals surface area (Å²) in [6.07, 6.45) is -2.59. The van der Waals surface area contributed by atoms with Gasteiger partial charge in [-0.25, -0.2) is 0 Å². The van der Waals surface area contributed by atoms with Gasteiger partial charge >= 0.3 is 6.18 Å². The molecule has 1 aromatic heterocycles. The number of hydrogen-bond acceptors (Lipinski definition) is 3. The van der Waals surface area contributed by atoms with Crippen LogP contribution in [0.3, 0.4) is 0 Å². The smallest absolute Gasteiger partial charge is 0.416 e. The van der Waals surface area contributed by atoms with E-state index in [0.717, 1.165) is 29.9 Å². The van der Waals surface area contributed by atoms with Gasteiger partial charge < -0.3 is 10.1 Å². The van der Waals surface area contributed by atoms with Crippen LogP contribution in [0.2, 0.25) is 0 Å². The van der Waals surface area contributed by atoms with Crippen molar-refractivity contribution in [3.63, 3.8) is 0 Å². The highest BCUT2D eigenvalue weighted by atomic mass is 19.4. The summed E-state index contributed by atoms with van der Waals surface area (Å²) < 4.78 is 42.7. The second-order valence-corrected chi connectivity index (χ2v) is 4.50. The van der Waals surface area contributed by atoms with Gasteiger partial charge in [0.15, 0.2) is 0 Å². The van der Waals surface area contributed by atoms with Crippen LogP contribution >= 0.6 is 0 Å². The molecule has 2 aromatic rings. The molecule has 0 saturated heterocycles. The molecule has 21 heavy (non-hydrogen) atoms. The lowest BCUT2D eigenvalue weighted by Gasteiger charge is -2.09. The Labute approximate surface area is 120 Å². The molecule has 0 amide bonds. The van der Waals surface area contributed by atoms with Gasteiger partial charge in [-0.2, -0.15) is 13.2 Å². The molecule has 0 unspecified atom stereocenters. The minimum absolute atomic E-state index is 0.213. The van der Waals surface area contributed by atoms with E-state index in [-0.39, 0.29) is 6.61 Å². The van der Waals surface area contributed by atoms with E-state index in [1.807, 2.05) is 19.2 Å². The zero-order chi connectivity index (χ0) is 15.3. The van der Waals surface area contributed by atoms with Crippen LogP contribution in [0, 0.1) is 0 Å². The SMILES string of the molecule is CNCc1ccc(COc2ccc(C(F)(F)F)cc2)nc1. The van der Waals surface area contributed by atoms with E-state index in [4.69, 9.17) is 4.74 Å². The van der Waals surface area contributed by atoms with Gasteiger partial charge in [0, 0.05) is 12.7 Å². The van der Waals surface area contributed by atoms with Crippen LogP contribution in [0.4, 0.5) is 13.2 Å². The number of benzene rings is 1. The van der Waals surface area contributed by atoms with Crippen molar-refractivity contribution in [2.45, 2.75) is 19.3 Å². The lowest BCUT2D eigenvalue weighted by Crippen LogP contribution is -2.06. The van der Waals surface area contributed by atoms with E-state index < -0.39 is 11.7 Å². The van der Waals surface area contributed by atoms with Crippen LogP contribution in [0.25, 0.3) is 0 Å². The van der Waals surface area contributed by atoms with Crippen molar-refractivity contribution in [2.24, 2.45) is 0 Å². The van der Waals surface area contributed by atoms with E-state index in [1.54, 1.807) is 6.20 Å². The highest BCUT2D eigenvalue weighted by Gasteiger charge is 2.29. The third-order valence-electron chi connectivity index (χ3n) is 2.84. The Balaban J connectivity index is 1.93. The lowest BCUT2D eigenvalue weighted by atomic mass is 10.2. The summed E-state index contributed by atoms with van der Waals surface area (Å²) in [5.41, 5.74) is 1.08. The maximum atomic E-state index is 12.4. The second kappa shape index (κ2) is 6.58. The molecule has 3 nitrogen and oxygen atoms in total. The molecule has 0 aliphatic heterocycles. The van der Waals surface area contributed by atoms with Gasteiger partial charge in [-0.3, -0.25) is 4.98 Å². The van der Waals surface area contributed by atoms with Gasteiger partial charge in [0.1, 0.15) is 12.4 Å². The Morgan fingerprint density at radius 2 is 1.81 bits per heavy atom. The third-order valence-corrected chi connectivity index (χ3v) is 2.84. The summed E-state index contributed by atoms with van der Waals surface area (Å²) in [6.45, 7) is 0.943. The minimum Gasteiger partial charge on any atom is -0.487 e. The molecule has 112 valence electrons. The van der Waals surface area contributed by atoms with Crippen molar-refractivity contribution in [3.8, 4) is 5.75 Å². The van der Waals surface area contributed by atoms with Crippen LogP contribution in [0.5, 0.6) is 5.75 Å². The number of hydrogen-bond donors (Lipinski definition) is 1. The Hall–Kier alpha value is -2.08. The number of nitrogens with one attached hydrogen (secondary N) is 1. The van der Waals surface area contributed by atoms with Crippen LogP contribution < -0.4 is 10.1 Å².